The molecule has 1 aliphatic heterocycles. The second-order valence-electron chi connectivity index (χ2n) is 19.5. The lowest BCUT2D eigenvalue weighted by Crippen LogP contribution is -2.43. The molecule has 1 saturated heterocycles. The predicted octanol–water partition coefficient (Wildman–Crippen LogP) is 11.6. The van der Waals surface area contributed by atoms with Crippen LogP contribution in [0.15, 0.2) is 53.6 Å². The minimum atomic E-state index is -2.29. The van der Waals surface area contributed by atoms with Gasteiger partial charge >= 0.3 is 12.1 Å². The Balaban J connectivity index is 1.38. The van der Waals surface area contributed by atoms with Crippen LogP contribution in [0.5, 0.6) is 17.5 Å². The van der Waals surface area contributed by atoms with Gasteiger partial charge < -0.3 is 38.3 Å². The second kappa shape index (κ2) is 20.5. The molecule has 0 spiro atoms. The number of aliphatic hydroxyl groups is 1. The van der Waals surface area contributed by atoms with Crippen LogP contribution in [-0.2, 0) is 15.2 Å². The summed E-state index contributed by atoms with van der Waals surface area (Å²) in [5.41, 5.74) is 6.83. The SMILES string of the molecule is COCOc1cc(C(O)c2nc3nc(OC[C@@H]4CCCN4C(=O)OC(C)(C)C)nc(SCc4ccc(OC)cc4)c3n2C2CCC2)c2c(C#C[Si](C(C)C)(C(C)C)C(C)C)c(F)ccc2c1. The lowest BCUT2D eigenvalue weighted by molar-refractivity contribution is 0.0183. The summed E-state index contributed by atoms with van der Waals surface area (Å²) in [6.07, 6.45) is 2.57. The molecule has 2 aliphatic rings. The van der Waals surface area contributed by atoms with E-state index in [1.165, 1.54) is 17.8 Å². The summed E-state index contributed by atoms with van der Waals surface area (Å²) in [5.74, 6) is 5.07. The summed E-state index contributed by atoms with van der Waals surface area (Å²) in [7, 11) is 0.893. The number of hydrogen-bond donors (Lipinski definition) is 1. The van der Waals surface area contributed by atoms with Gasteiger partial charge in [-0.15, -0.1) is 5.54 Å². The van der Waals surface area contributed by atoms with E-state index in [1.807, 2.05) is 51.1 Å². The van der Waals surface area contributed by atoms with Gasteiger partial charge in [0.25, 0.3) is 0 Å². The number of fused-ring (bicyclic) bond motifs is 2. The Morgan fingerprint density at radius 2 is 1.64 bits per heavy atom. The van der Waals surface area contributed by atoms with Crippen LogP contribution in [0.1, 0.15) is 129 Å². The molecule has 1 amide bonds. The Hall–Kier alpha value is -4.88. The second-order valence-corrected chi connectivity index (χ2v) is 26.0. The third-order valence-corrected chi connectivity index (χ3v) is 20.5. The van der Waals surface area contributed by atoms with Gasteiger partial charge in [0.15, 0.2) is 12.4 Å². The molecule has 3 heterocycles. The van der Waals surface area contributed by atoms with E-state index in [0.717, 1.165) is 43.4 Å². The maximum Gasteiger partial charge on any atom is 0.410 e. The van der Waals surface area contributed by atoms with Gasteiger partial charge in [0.1, 0.15) is 60.1 Å². The van der Waals surface area contributed by atoms with E-state index < -0.39 is 25.6 Å². The van der Waals surface area contributed by atoms with E-state index in [-0.39, 0.29) is 43.2 Å². The molecule has 7 rings (SSSR count). The number of methoxy groups -OCH3 is 2. The third-order valence-electron chi connectivity index (χ3n) is 13.1. The fourth-order valence-electron chi connectivity index (χ4n) is 9.69. The number of hydrogen-bond acceptors (Lipinski definition) is 11. The molecule has 0 bridgehead atoms. The molecule has 3 aromatic carbocycles. The molecule has 1 aliphatic carbocycles. The largest absolute Gasteiger partial charge is 0.497 e. The number of ether oxygens (including phenoxy) is 5. The van der Waals surface area contributed by atoms with Crippen molar-refractivity contribution in [3.8, 4) is 29.0 Å². The first-order valence-electron chi connectivity index (χ1n) is 23.2. The number of carbonyl (C=O) groups is 1. The molecule has 15 heteroatoms. The average Bonchev–Trinajstić information content (AvgIpc) is 3.88. The quantitative estimate of drug-likeness (QED) is 0.0333. The van der Waals surface area contributed by atoms with E-state index in [0.29, 0.717) is 73.0 Å². The van der Waals surface area contributed by atoms with Crippen LogP contribution in [0.4, 0.5) is 9.18 Å². The molecular weight excluding hydrogens is 874 g/mol. The van der Waals surface area contributed by atoms with Crippen LogP contribution >= 0.6 is 11.8 Å². The fourth-order valence-corrected chi connectivity index (χ4v) is 15.9. The third kappa shape index (κ3) is 10.3. The highest BCUT2D eigenvalue weighted by Gasteiger charge is 2.42. The van der Waals surface area contributed by atoms with Gasteiger partial charge in [-0.3, -0.25) is 0 Å². The first kappa shape index (κ1) is 49.0. The molecule has 1 N–H and O–H groups in total. The summed E-state index contributed by atoms with van der Waals surface area (Å²) >= 11 is 1.52. The van der Waals surface area contributed by atoms with E-state index in [2.05, 4.69) is 57.6 Å². The van der Waals surface area contributed by atoms with E-state index in [4.69, 9.17) is 38.6 Å². The number of benzene rings is 3. The molecule has 66 heavy (non-hydrogen) atoms. The minimum Gasteiger partial charge on any atom is -0.497 e. The van der Waals surface area contributed by atoms with Gasteiger partial charge in [-0.1, -0.05) is 77.4 Å². The van der Waals surface area contributed by atoms with Crippen LogP contribution in [0.25, 0.3) is 21.9 Å². The molecule has 0 radical (unpaired) electrons. The van der Waals surface area contributed by atoms with Crippen LogP contribution in [0.3, 0.4) is 0 Å². The van der Waals surface area contributed by atoms with Crippen molar-refractivity contribution in [2.75, 3.05) is 34.2 Å². The van der Waals surface area contributed by atoms with Crippen molar-refractivity contribution in [1.29, 1.82) is 0 Å². The number of rotatable bonds is 16. The van der Waals surface area contributed by atoms with Crippen molar-refractivity contribution >= 4 is 47.9 Å². The first-order chi connectivity index (χ1) is 31.4. The summed E-state index contributed by atoms with van der Waals surface area (Å²) in [6.45, 7) is 19.7. The van der Waals surface area contributed by atoms with Gasteiger partial charge in [-0.2, -0.15) is 9.97 Å². The maximum absolute atomic E-state index is 16.5. The highest BCUT2D eigenvalue weighted by Crippen LogP contribution is 2.44. The van der Waals surface area contributed by atoms with Gasteiger partial charge in [-0.25, -0.2) is 14.2 Å². The van der Waals surface area contributed by atoms with Crippen molar-refractivity contribution in [3.05, 3.63) is 76.9 Å². The monoisotopic (exact) mass is 939 g/mol. The number of carbonyl (C=O) groups excluding carboxylic acids is 1. The van der Waals surface area contributed by atoms with E-state index >= 15 is 4.39 Å². The summed E-state index contributed by atoms with van der Waals surface area (Å²) in [5, 5.41) is 14.7. The lowest BCUT2D eigenvalue weighted by atomic mass is 9.91. The Labute approximate surface area is 394 Å². The fraction of sp³-hybridized carbons (Fsp3) is 0.529. The zero-order valence-corrected chi connectivity index (χ0v) is 42.2. The highest BCUT2D eigenvalue weighted by atomic mass is 32.2. The number of aliphatic hydroxyl groups excluding tert-OH is 1. The average molecular weight is 940 g/mol. The van der Waals surface area contributed by atoms with Gasteiger partial charge in [0, 0.05) is 36.4 Å². The zero-order chi connectivity index (χ0) is 47.5. The summed E-state index contributed by atoms with van der Waals surface area (Å²) < 4.78 is 47.3. The van der Waals surface area contributed by atoms with Crippen molar-refractivity contribution in [2.24, 2.45) is 0 Å². The summed E-state index contributed by atoms with van der Waals surface area (Å²) in [6, 6.07) is 14.5. The number of thioether (sulfide) groups is 1. The zero-order valence-electron chi connectivity index (χ0n) is 40.4. The van der Waals surface area contributed by atoms with Crippen molar-refractivity contribution in [2.45, 2.75) is 146 Å². The molecule has 354 valence electrons. The van der Waals surface area contributed by atoms with Crippen LogP contribution < -0.4 is 14.2 Å². The van der Waals surface area contributed by atoms with E-state index in [9.17, 15) is 9.90 Å². The van der Waals surface area contributed by atoms with Gasteiger partial charge in [0.2, 0.25) is 0 Å². The Morgan fingerprint density at radius 1 is 0.924 bits per heavy atom. The Kier molecular flexibility index (Phi) is 15.3. The number of aromatic nitrogens is 4. The smallest absolute Gasteiger partial charge is 0.410 e. The molecule has 12 nitrogen and oxygen atoms in total. The molecule has 2 atom stereocenters. The number of likely N-dealkylation sites (tertiary alicyclic amines) is 1. The Morgan fingerprint density at radius 3 is 2.26 bits per heavy atom. The van der Waals surface area contributed by atoms with Crippen molar-refractivity contribution in [3.63, 3.8) is 0 Å². The lowest BCUT2D eigenvalue weighted by Gasteiger charge is -2.38. The number of nitrogens with zero attached hydrogens (tertiary/aromatic N) is 5. The number of imidazole rings is 1. The number of amides is 1. The van der Waals surface area contributed by atoms with Gasteiger partial charge in [-0.05, 0) is 111 Å². The molecule has 2 aromatic heterocycles. The van der Waals surface area contributed by atoms with Crippen molar-refractivity contribution < 1.29 is 38.0 Å². The van der Waals surface area contributed by atoms with E-state index in [1.54, 1.807) is 31.3 Å². The molecule has 1 saturated carbocycles. The highest BCUT2D eigenvalue weighted by molar-refractivity contribution is 7.98. The topological polar surface area (TPSA) is 130 Å². The maximum atomic E-state index is 16.5. The minimum absolute atomic E-state index is 0.00107. The van der Waals surface area contributed by atoms with Gasteiger partial charge in [0.05, 0.1) is 18.7 Å². The predicted molar refractivity (Wildman–Crippen MR) is 261 cm³/mol. The molecule has 5 aromatic rings. The normalized spacial score (nSPS) is 16.2. The van der Waals surface area contributed by atoms with Crippen LogP contribution in [0.2, 0.25) is 16.6 Å². The van der Waals surface area contributed by atoms with Crippen LogP contribution in [-0.4, -0.2) is 89.5 Å². The van der Waals surface area contributed by atoms with Crippen LogP contribution in [0, 0.1) is 17.3 Å². The van der Waals surface area contributed by atoms with Crippen molar-refractivity contribution in [1.82, 2.24) is 24.4 Å². The molecule has 1 unspecified atom stereocenters. The Bertz CT molecular complexity index is 2560. The molecule has 2 fully saturated rings. The summed E-state index contributed by atoms with van der Waals surface area (Å²) in [4.78, 5) is 30.0. The number of halogens is 1. The first-order valence-corrected chi connectivity index (χ1v) is 26.4. The standard InChI is InChI=1S/C51H66FN5O7SSi/c1-31(2)66(32(3)4,33(5)6)25-23-40-42(52)22-19-35-26-39(63-30-60-10)27-41(43(35)40)45(58)47-53-46-44(57(47)36-14-12-15-36)48(65-29-34-17-20-38(61-11)21-18-34)55-49(54-46)62-28-37-16-13-24-56(37)50(59)64-51(7,8)9/h17-22,26-27,31-33,36-37,45,58H,12-16,24,28-30H2,1-11H3/t37-,45?/m0/s1. The molecular formula is C51H66FN5O7SSi.